The van der Waals surface area contributed by atoms with Crippen molar-refractivity contribution >= 4 is 52.6 Å². The number of benzene rings is 2. The molecule has 3 aromatic rings. The van der Waals surface area contributed by atoms with Gasteiger partial charge in [-0.05, 0) is 61.6 Å². The second kappa shape index (κ2) is 15.7. The monoisotopic (exact) mass is 839 g/mol. The molecule has 0 spiro atoms. The van der Waals surface area contributed by atoms with Crippen LogP contribution in [0.3, 0.4) is 0 Å². The summed E-state index contributed by atoms with van der Waals surface area (Å²) < 4.78 is 21.8. The Morgan fingerprint density at radius 3 is 2.22 bits per heavy atom. The number of hydrogen-bond donors (Lipinski definition) is 2. The summed E-state index contributed by atoms with van der Waals surface area (Å²) in [5.74, 6) is -1.72. The molecule has 4 fully saturated rings. The number of rotatable bonds is 9. The topological polar surface area (TPSA) is 181 Å². The number of nitrogens with zero attached hydrogens (tertiary/aromatic N) is 7. The van der Waals surface area contributed by atoms with Gasteiger partial charge in [-0.3, -0.25) is 39.1 Å². The number of anilines is 2. The molecule has 5 heterocycles. The van der Waals surface area contributed by atoms with Gasteiger partial charge in [0.2, 0.25) is 11.8 Å². The molecule has 17 heteroatoms. The van der Waals surface area contributed by atoms with Crippen molar-refractivity contribution in [1.82, 2.24) is 30.6 Å². The van der Waals surface area contributed by atoms with Crippen molar-refractivity contribution in [3.63, 3.8) is 0 Å². The molecule has 60 heavy (non-hydrogen) atoms. The van der Waals surface area contributed by atoms with Gasteiger partial charge in [-0.25, -0.2) is 4.39 Å². The van der Waals surface area contributed by atoms with Crippen molar-refractivity contribution < 1.29 is 33.1 Å². The van der Waals surface area contributed by atoms with Crippen molar-refractivity contribution in [3.8, 4) is 11.8 Å². The minimum atomic E-state index is -1.11. The summed E-state index contributed by atoms with van der Waals surface area (Å²) in [6.45, 7) is 13.2. The van der Waals surface area contributed by atoms with E-state index in [0.29, 0.717) is 54.3 Å². The number of carbonyl (C=O) groups is 5. The smallest absolute Gasteiger partial charge is 0.272 e. The Morgan fingerprint density at radius 2 is 1.60 bits per heavy atom. The van der Waals surface area contributed by atoms with Gasteiger partial charge in [-0.1, -0.05) is 39.3 Å². The van der Waals surface area contributed by atoms with E-state index in [9.17, 15) is 29.2 Å². The summed E-state index contributed by atoms with van der Waals surface area (Å²) in [4.78, 5) is 71.2. The van der Waals surface area contributed by atoms with E-state index in [4.69, 9.17) is 16.3 Å². The molecule has 5 aliphatic rings. The van der Waals surface area contributed by atoms with Crippen molar-refractivity contribution in [2.24, 2.45) is 16.7 Å². The van der Waals surface area contributed by atoms with Crippen LogP contribution in [0.2, 0.25) is 5.02 Å². The molecule has 1 atom stereocenters. The Hall–Kier alpha value is -5.66. The van der Waals surface area contributed by atoms with Gasteiger partial charge in [-0.2, -0.15) is 5.26 Å². The largest absolute Gasteiger partial charge is 0.489 e. The molecule has 0 bridgehead atoms. The lowest BCUT2D eigenvalue weighted by Crippen LogP contribution is -2.74. The molecule has 1 aromatic heterocycles. The zero-order chi connectivity index (χ0) is 42.7. The molecular formula is C43H47ClFN9O6. The first-order valence-corrected chi connectivity index (χ1v) is 20.7. The van der Waals surface area contributed by atoms with Crippen LogP contribution >= 0.6 is 11.6 Å². The SMILES string of the molecule is CC1(C)[C@H](NC(=O)c2ccc(N3CCC(CN4CCN(c5cc6c(cc5F)C(=O)N(C5CCC(=O)NC5=O)C6=O)CC4)CC3)nn2)C(C)(C)[C@H]1Oc1ccc(C#N)c(Cl)c1. The van der Waals surface area contributed by atoms with E-state index < -0.39 is 46.3 Å². The van der Waals surface area contributed by atoms with Gasteiger partial charge >= 0.3 is 0 Å². The normalized spacial score (nSPS) is 24.1. The fourth-order valence-corrected chi connectivity index (χ4v) is 10.2. The summed E-state index contributed by atoms with van der Waals surface area (Å²) in [6, 6.07) is 11.8. The first-order chi connectivity index (χ1) is 28.6. The highest BCUT2D eigenvalue weighted by atomic mass is 35.5. The fourth-order valence-electron chi connectivity index (χ4n) is 10.0. The molecule has 1 unspecified atom stereocenters. The molecule has 5 amide bonds. The Kier molecular flexibility index (Phi) is 10.8. The van der Waals surface area contributed by atoms with Crippen molar-refractivity contribution in [3.05, 3.63) is 75.7 Å². The Morgan fingerprint density at radius 1 is 0.917 bits per heavy atom. The third-order valence-electron chi connectivity index (χ3n) is 13.0. The molecule has 0 radical (unpaired) electrons. The summed E-state index contributed by atoms with van der Waals surface area (Å²) in [5.41, 5.74) is 0.0155. The molecule has 2 N–H and O–H groups in total. The van der Waals surface area contributed by atoms with Gasteiger partial charge in [-0.15, -0.1) is 10.2 Å². The number of aromatic nitrogens is 2. The van der Waals surface area contributed by atoms with Crippen LogP contribution < -0.4 is 25.2 Å². The lowest BCUT2D eigenvalue weighted by Gasteiger charge is -2.63. The van der Waals surface area contributed by atoms with E-state index in [-0.39, 0.29) is 53.4 Å². The summed E-state index contributed by atoms with van der Waals surface area (Å²) >= 11 is 6.23. The second-order valence-electron chi connectivity index (χ2n) is 17.6. The van der Waals surface area contributed by atoms with Crippen LogP contribution in [0.5, 0.6) is 5.75 Å². The molecule has 1 saturated carbocycles. The van der Waals surface area contributed by atoms with E-state index in [1.807, 2.05) is 38.7 Å². The number of piperazine rings is 1. The predicted octanol–water partition coefficient (Wildman–Crippen LogP) is 4.19. The number of imide groups is 2. The highest BCUT2D eigenvalue weighted by Crippen LogP contribution is 2.55. The molecule has 4 aliphatic heterocycles. The number of piperidine rings is 2. The van der Waals surface area contributed by atoms with Crippen LogP contribution in [0.25, 0.3) is 0 Å². The van der Waals surface area contributed by atoms with Gasteiger partial charge in [0.15, 0.2) is 11.5 Å². The average Bonchev–Trinajstić information content (AvgIpc) is 3.46. The highest BCUT2D eigenvalue weighted by Gasteiger charge is 2.64. The van der Waals surface area contributed by atoms with Crippen LogP contribution in [0.4, 0.5) is 15.9 Å². The highest BCUT2D eigenvalue weighted by molar-refractivity contribution is 6.31. The molecule has 314 valence electrons. The van der Waals surface area contributed by atoms with Crippen LogP contribution in [0.15, 0.2) is 42.5 Å². The molecule has 3 saturated heterocycles. The Labute approximate surface area is 352 Å². The third kappa shape index (κ3) is 7.42. The lowest BCUT2D eigenvalue weighted by molar-refractivity contribution is -0.164. The van der Waals surface area contributed by atoms with Gasteiger partial charge in [0.1, 0.15) is 29.8 Å². The van der Waals surface area contributed by atoms with Crippen molar-refractivity contribution in [1.29, 1.82) is 5.26 Å². The van der Waals surface area contributed by atoms with E-state index in [0.717, 1.165) is 43.4 Å². The summed E-state index contributed by atoms with van der Waals surface area (Å²) in [5, 5.41) is 23.6. The Balaban J connectivity index is 0.800. The molecule has 8 rings (SSSR count). The number of carbonyl (C=O) groups excluding carboxylic acids is 5. The number of fused-ring (bicyclic) bond motifs is 1. The maximum absolute atomic E-state index is 15.5. The van der Waals surface area contributed by atoms with Gasteiger partial charge < -0.3 is 19.9 Å². The van der Waals surface area contributed by atoms with Crippen molar-refractivity contribution in [2.45, 2.75) is 71.6 Å². The minimum Gasteiger partial charge on any atom is -0.489 e. The molecule has 2 aromatic carbocycles. The number of hydrogen-bond acceptors (Lipinski definition) is 12. The molecular weight excluding hydrogens is 793 g/mol. The van der Waals surface area contributed by atoms with Crippen LogP contribution in [-0.4, -0.2) is 114 Å². The van der Waals surface area contributed by atoms with Crippen LogP contribution in [0, 0.1) is 33.9 Å². The minimum absolute atomic E-state index is 0.00985. The number of nitrogens with one attached hydrogen (secondary N) is 2. The van der Waals surface area contributed by atoms with E-state index in [2.05, 4.69) is 36.7 Å². The zero-order valence-corrected chi connectivity index (χ0v) is 34.7. The maximum Gasteiger partial charge on any atom is 0.272 e. The number of nitriles is 1. The quantitative estimate of drug-likeness (QED) is 0.294. The van der Waals surface area contributed by atoms with Crippen LogP contribution in [-0.2, 0) is 9.59 Å². The number of halogens is 2. The summed E-state index contributed by atoms with van der Waals surface area (Å²) in [6.07, 6.45) is 1.72. The third-order valence-corrected chi connectivity index (χ3v) is 13.3. The van der Waals surface area contributed by atoms with E-state index in [1.54, 1.807) is 24.3 Å². The van der Waals surface area contributed by atoms with E-state index >= 15 is 4.39 Å². The standard InChI is InChI=1S/C43H47ClFN9O6/c1-42(2)40(43(3,4)41(42)60-26-6-5-25(22-46)29(44)19-26)48-36(56)31-7-9-34(50-49-31)53-13-11-24(12-14-53)23-51-15-17-52(18-16-51)33-21-28-27(20-30(33)45)38(58)54(39(28)59)32-8-10-35(55)47-37(32)57/h5-7,9,19-21,24,32,40-41H,8,10-18,23H2,1-4H3,(H,48,56)(H,47,55,57)/t32?,40-,41-. The molecule has 15 nitrogen and oxygen atoms in total. The summed E-state index contributed by atoms with van der Waals surface area (Å²) in [7, 11) is 0. The van der Waals surface area contributed by atoms with Gasteiger partial charge in [0, 0.05) is 75.2 Å². The zero-order valence-electron chi connectivity index (χ0n) is 34.0. The van der Waals surface area contributed by atoms with Gasteiger partial charge in [0.25, 0.3) is 17.7 Å². The van der Waals surface area contributed by atoms with Crippen molar-refractivity contribution in [2.75, 3.05) is 55.6 Å². The number of amides is 5. The van der Waals surface area contributed by atoms with Gasteiger partial charge in [0.05, 0.1) is 27.4 Å². The first-order valence-electron chi connectivity index (χ1n) is 20.3. The van der Waals surface area contributed by atoms with E-state index in [1.165, 1.54) is 6.07 Å². The average molecular weight is 840 g/mol. The predicted molar refractivity (Wildman–Crippen MR) is 218 cm³/mol. The Bertz CT molecular complexity index is 2280. The second-order valence-corrected chi connectivity index (χ2v) is 18.0. The lowest BCUT2D eigenvalue weighted by atomic mass is 9.49. The first kappa shape index (κ1) is 41.1. The van der Waals surface area contributed by atoms with Crippen LogP contribution in [0.1, 0.15) is 90.1 Å². The molecule has 1 aliphatic carbocycles. The number of ether oxygens (including phenoxy) is 1. The fraction of sp³-hybridized carbons (Fsp3) is 0.488. The maximum atomic E-state index is 15.5.